The minimum Gasteiger partial charge on any atom is -0.493 e. The molecule has 0 fully saturated rings. The van der Waals surface area contributed by atoms with Crippen LogP contribution in [-0.4, -0.2) is 12.5 Å². The third-order valence-electron chi connectivity index (χ3n) is 2.44. The summed E-state index contributed by atoms with van der Waals surface area (Å²) in [6.45, 7) is 4.16. The number of hydrogen-bond acceptors (Lipinski definition) is 2. The van der Waals surface area contributed by atoms with Gasteiger partial charge in [0.05, 0.1) is 17.3 Å². The highest BCUT2D eigenvalue weighted by Gasteiger charge is 2.25. The second-order valence-corrected chi connectivity index (χ2v) is 4.13. The van der Waals surface area contributed by atoms with Crippen LogP contribution in [0.15, 0.2) is 12.1 Å². The molecule has 1 aliphatic heterocycles. The molecule has 0 radical (unpaired) electrons. The number of carbonyl (C=O) groups excluding carboxylic acids is 1. The predicted molar refractivity (Wildman–Crippen MR) is 59.7 cm³/mol. The molecular formula is C11H12ClNO2. The Morgan fingerprint density at radius 1 is 1.60 bits per heavy atom. The van der Waals surface area contributed by atoms with Gasteiger partial charge in [-0.2, -0.15) is 0 Å². The van der Waals surface area contributed by atoms with E-state index < -0.39 is 0 Å². The van der Waals surface area contributed by atoms with Crippen LogP contribution in [-0.2, 0) is 4.79 Å². The van der Waals surface area contributed by atoms with Crippen molar-refractivity contribution in [1.82, 2.24) is 0 Å². The van der Waals surface area contributed by atoms with Gasteiger partial charge in [-0.3, -0.25) is 4.79 Å². The first-order valence-corrected chi connectivity index (χ1v) is 5.20. The minimum atomic E-state index is -0.121. The zero-order valence-corrected chi connectivity index (χ0v) is 9.39. The van der Waals surface area contributed by atoms with Crippen LogP contribution in [0.5, 0.6) is 5.75 Å². The van der Waals surface area contributed by atoms with Crippen LogP contribution in [0.25, 0.3) is 0 Å². The first-order chi connectivity index (χ1) is 7.09. The van der Waals surface area contributed by atoms with Crippen molar-refractivity contribution in [2.24, 2.45) is 0 Å². The van der Waals surface area contributed by atoms with Gasteiger partial charge in [0.15, 0.2) is 0 Å². The summed E-state index contributed by atoms with van der Waals surface area (Å²) in [6.07, 6.45) is 0. The smallest absolute Gasteiger partial charge is 0.221 e. The maximum Gasteiger partial charge on any atom is 0.221 e. The summed E-state index contributed by atoms with van der Waals surface area (Å²) in [4.78, 5) is 11.1. The van der Waals surface area contributed by atoms with Crippen LogP contribution in [0.4, 0.5) is 5.69 Å². The van der Waals surface area contributed by atoms with Gasteiger partial charge >= 0.3 is 0 Å². The molecule has 1 atom stereocenters. The van der Waals surface area contributed by atoms with Gasteiger partial charge in [0.1, 0.15) is 5.75 Å². The number of nitrogens with one attached hydrogen (secondary N) is 1. The zero-order chi connectivity index (χ0) is 11.0. The van der Waals surface area contributed by atoms with Gasteiger partial charge in [-0.25, -0.2) is 0 Å². The Hall–Kier alpha value is -1.22. The number of ether oxygens (including phenoxy) is 1. The van der Waals surface area contributed by atoms with Gasteiger partial charge in [-0.05, 0) is 12.1 Å². The molecule has 0 aromatic heterocycles. The molecule has 1 N–H and O–H groups in total. The minimum absolute atomic E-state index is 0.121. The van der Waals surface area contributed by atoms with Gasteiger partial charge in [-0.15, -0.1) is 0 Å². The normalized spacial score (nSPS) is 18.2. The van der Waals surface area contributed by atoms with Crippen molar-refractivity contribution in [2.45, 2.75) is 19.8 Å². The summed E-state index contributed by atoms with van der Waals surface area (Å²) < 4.78 is 5.48. The maximum atomic E-state index is 11.1. The zero-order valence-electron chi connectivity index (χ0n) is 8.63. The summed E-state index contributed by atoms with van der Waals surface area (Å²) in [5.74, 6) is 0.959. The van der Waals surface area contributed by atoms with E-state index in [-0.39, 0.29) is 11.8 Å². The summed E-state index contributed by atoms with van der Waals surface area (Å²) in [5, 5.41) is 3.31. The molecule has 1 aromatic rings. The Labute approximate surface area is 93.4 Å². The van der Waals surface area contributed by atoms with E-state index in [1.54, 1.807) is 6.07 Å². The fourth-order valence-corrected chi connectivity index (χ4v) is 2.00. The summed E-state index contributed by atoms with van der Waals surface area (Å²) >= 11 is 6.05. The average Bonchev–Trinajstić information content (AvgIpc) is 2.52. The number of benzene rings is 1. The number of halogens is 1. The molecule has 0 aliphatic carbocycles. The molecule has 15 heavy (non-hydrogen) atoms. The van der Waals surface area contributed by atoms with Crippen molar-refractivity contribution in [3.05, 3.63) is 22.7 Å². The lowest BCUT2D eigenvalue weighted by molar-refractivity contribution is -0.114. The molecule has 1 amide bonds. The van der Waals surface area contributed by atoms with E-state index in [1.807, 2.05) is 13.0 Å². The second kappa shape index (κ2) is 3.74. The molecule has 3 nitrogen and oxygen atoms in total. The maximum absolute atomic E-state index is 11.1. The van der Waals surface area contributed by atoms with E-state index in [1.165, 1.54) is 6.92 Å². The first-order valence-electron chi connectivity index (χ1n) is 4.82. The third kappa shape index (κ3) is 1.79. The number of carbonyl (C=O) groups is 1. The summed E-state index contributed by atoms with van der Waals surface area (Å²) in [7, 11) is 0. The van der Waals surface area contributed by atoms with Crippen LogP contribution >= 0.6 is 11.6 Å². The van der Waals surface area contributed by atoms with Crippen molar-refractivity contribution >= 4 is 23.2 Å². The van der Waals surface area contributed by atoms with E-state index in [9.17, 15) is 4.79 Å². The fourth-order valence-electron chi connectivity index (χ4n) is 1.79. The Morgan fingerprint density at radius 3 is 3.00 bits per heavy atom. The summed E-state index contributed by atoms with van der Waals surface area (Å²) in [5.41, 5.74) is 1.68. The van der Waals surface area contributed by atoms with Crippen molar-refractivity contribution in [3.63, 3.8) is 0 Å². The molecule has 0 saturated carbocycles. The highest BCUT2D eigenvalue weighted by atomic mass is 35.5. The van der Waals surface area contributed by atoms with E-state index >= 15 is 0 Å². The molecule has 1 unspecified atom stereocenters. The molecule has 1 heterocycles. The number of anilines is 1. The molecule has 0 spiro atoms. The molecule has 0 bridgehead atoms. The van der Waals surface area contributed by atoms with E-state index in [0.29, 0.717) is 17.3 Å². The Balaban J connectivity index is 2.51. The molecule has 0 saturated heterocycles. The molecule has 1 aromatic carbocycles. The third-order valence-corrected chi connectivity index (χ3v) is 2.75. The fraction of sp³-hybridized carbons (Fsp3) is 0.364. The lowest BCUT2D eigenvalue weighted by atomic mass is 10.0. The molecule has 80 valence electrons. The Kier molecular flexibility index (Phi) is 2.57. The highest BCUT2D eigenvalue weighted by Crippen LogP contribution is 2.42. The lowest BCUT2D eigenvalue weighted by Gasteiger charge is -2.11. The topological polar surface area (TPSA) is 38.3 Å². The number of fused-ring (bicyclic) bond motifs is 1. The molecule has 1 aliphatic rings. The van der Waals surface area contributed by atoms with E-state index in [2.05, 4.69) is 5.32 Å². The molecule has 4 heteroatoms. The number of rotatable bonds is 1. The van der Waals surface area contributed by atoms with Gasteiger partial charge in [0, 0.05) is 18.4 Å². The summed E-state index contributed by atoms with van der Waals surface area (Å²) in [6, 6.07) is 3.58. The standard InChI is InChI=1S/C11H12ClNO2/c1-6-5-15-9-4-3-8(12)11(10(6)9)13-7(2)14/h3-4,6H,5H2,1-2H3,(H,13,14). The molecule has 2 rings (SSSR count). The Bertz CT molecular complexity index is 417. The Morgan fingerprint density at radius 2 is 2.33 bits per heavy atom. The van der Waals surface area contributed by atoms with Crippen molar-refractivity contribution in [2.75, 3.05) is 11.9 Å². The monoisotopic (exact) mass is 225 g/mol. The average molecular weight is 226 g/mol. The van der Waals surface area contributed by atoms with E-state index in [4.69, 9.17) is 16.3 Å². The van der Waals surface area contributed by atoms with Crippen LogP contribution in [0.1, 0.15) is 25.3 Å². The van der Waals surface area contributed by atoms with E-state index in [0.717, 1.165) is 11.3 Å². The van der Waals surface area contributed by atoms with Gasteiger partial charge in [0.25, 0.3) is 0 Å². The van der Waals surface area contributed by atoms with Gasteiger partial charge < -0.3 is 10.1 Å². The van der Waals surface area contributed by atoms with Crippen molar-refractivity contribution in [3.8, 4) is 5.75 Å². The quantitative estimate of drug-likeness (QED) is 0.798. The van der Waals surface area contributed by atoms with Gasteiger partial charge in [0.2, 0.25) is 5.91 Å². The largest absolute Gasteiger partial charge is 0.493 e. The highest BCUT2D eigenvalue weighted by molar-refractivity contribution is 6.34. The molecular weight excluding hydrogens is 214 g/mol. The predicted octanol–water partition coefficient (Wildman–Crippen LogP) is 2.79. The lowest BCUT2D eigenvalue weighted by Crippen LogP contribution is -2.09. The number of hydrogen-bond donors (Lipinski definition) is 1. The van der Waals surface area contributed by atoms with Crippen LogP contribution in [0, 0.1) is 0 Å². The van der Waals surface area contributed by atoms with Gasteiger partial charge in [-0.1, -0.05) is 18.5 Å². The van der Waals surface area contributed by atoms with Crippen LogP contribution < -0.4 is 10.1 Å². The van der Waals surface area contributed by atoms with Crippen LogP contribution in [0.2, 0.25) is 5.02 Å². The number of amides is 1. The second-order valence-electron chi connectivity index (χ2n) is 3.73. The van der Waals surface area contributed by atoms with Crippen molar-refractivity contribution < 1.29 is 9.53 Å². The first kappa shape index (κ1) is 10.3. The SMILES string of the molecule is CC(=O)Nc1c(Cl)ccc2c1C(C)CO2. The van der Waals surface area contributed by atoms with Crippen molar-refractivity contribution in [1.29, 1.82) is 0 Å². The van der Waals surface area contributed by atoms with Crippen LogP contribution in [0.3, 0.4) is 0 Å².